The third-order valence-corrected chi connectivity index (χ3v) is 9.42. The summed E-state index contributed by atoms with van der Waals surface area (Å²) in [6.45, 7) is 5.15. The first-order valence-electron chi connectivity index (χ1n) is 11.6. The van der Waals surface area contributed by atoms with Crippen LogP contribution < -0.4 is 10.2 Å². The Morgan fingerprint density at radius 2 is 1.92 bits per heavy atom. The van der Waals surface area contributed by atoms with Crippen LogP contribution in [0.1, 0.15) is 26.3 Å². The predicted molar refractivity (Wildman–Crippen MR) is 146 cm³/mol. The molecule has 2 fully saturated rings. The van der Waals surface area contributed by atoms with Gasteiger partial charge in [-0.2, -0.15) is 4.99 Å². The highest BCUT2D eigenvalue weighted by Crippen LogP contribution is 2.42. The lowest BCUT2D eigenvalue weighted by molar-refractivity contribution is -0.119. The van der Waals surface area contributed by atoms with Crippen molar-refractivity contribution in [1.29, 1.82) is 0 Å². The zero-order valence-electron chi connectivity index (χ0n) is 20.5. The second kappa shape index (κ2) is 10.7. The van der Waals surface area contributed by atoms with Crippen molar-refractivity contribution < 1.29 is 27.1 Å². The Hall–Kier alpha value is -2.44. The molecule has 2 amide bonds. The summed E-state index contributed by atoms with van der Waals surface area (Å²) in [6, 6.07) is 12.0. The summed E-state index contributed by atoms with van der Waals surface area (Å²) in [4.78, 5) is 31.8. The minimum absolute atomic E-state index is 0.0895. The Morgan fingerprint density at radius 1 is 1.22 bits per heavy atom. The minimum Gasteiger partial charge on any atom is -0.444 e. The minimum atomic E-state index is -3.32. The van der Waals surface area contributed by atoms with E-state index < -0.39 is 50.6 Å². The molecule has 8 nitrogen and oxygen atoms in total. The highest BCUT2D eigenvalue weighted by Gasteiger charge is 2.50. The first-order valence-corrected chi connectivity index (χ1v) is 15.1. The molecule has 1 N–H and O–H groups in total. The maximum Gasteiger partial charge on any atom is 0.408 e. The van der Waals surface area contributed by atoms with Crippen molar-refractivity contribution in [3.05, 3.63) is 64.4 Å². The van der Waals surface area contributed by atoms with Crippen LogP contribution in [-0.2, 0) is 25.8 Å². The van der Waals surface area contributed by atoms with Crippen molar-refractivity contribution >= 4 is 60.4 Å². The number of ether oxygens (including phenoxy) is 1. The van der Waals surface area contributed by atoms with Gasteiger partial charge in [-0.25, -0.2) is 17.6 Å². The fraction of sp³-hybridized carbons (Fsp3) is 0.400. The first kappa shape index (κ1) is 27.6. The average molecular weight is 613 g/mol. The van der Waals surface area contributed by atoms with E-state index in [0.29, 0.717) is 4.47 Å². The largest absolute Gasteiger partial charge is 0.444 e. The van der Waals surface area contributed by atoms with E-state index >= 15 is 0 Å². The molecule has 0 bridgehead atoms. The molecule has 0 saturated carbocycles. The van der Waals surface area contributed by atoms with Crippen LogP contribution in [-0.4, -0.2) is 60.0 Å². The number of halogens is 2. The number of anilines is 1. The number of amidine groups is 1. The lowest BCUT2D eigenvalue weighted by Crippen LogP contribution is -2.45. The number of benzene rings is 2. The molecule has 0 spiro atoms. The van der Waals surface area contributed by atoms with Crippen molar-refractivity contribution in [1.82, 2.24) is 5.32 Å². The van der Waals surface area contributed by atoms with E-state index in [1.807, 2.05) is 30.3 Å². The maximum atomic E-state index is 15.0. The number of rotatable bonds is 5. The summed E-state index contributed by atoms with van der Waals surface area (Å²) in [7, 11) is -3.32. The molecular weight excluding hydrogens is 585 g/mol. The van der Waals surface area contributed by atoms with Gasteiger partial charge >= 0.3 is 6.09 Å². The molecule has 2 aromatic carbocycles. The Kier molecular flexibility index (Phi) is 8.01. The van der Waals surface area contributed by atoms with Gasteiger partial charge in [0.15, 0.2) is 15.0 Å². The summed E-state index contributed by atoms with van der Waals surface area (Å²) in [5.74, 6) is -1.49. The molecule has 198 valence electrons. The number of aliphatic imine (C=N–C) groups is 1. The zero-order chi connectivity index (χ0) is 27.0. The van der Waals surface area contributed by atoms with Gasteiger partial charge in [0.05, 0.1) is 23.2 Å². The van der Waals surface area contributed by atoms with E-state index in [0.717, 1.165) is 17.3 Å². The van der Waals surface area contributed by atoms with Gasteiger partial charge in [0.2, 0.25) is 0 Å². The van der Waals surface area contributed by atoms with Crippen molar-refractivity contribution in [3.63, 3.8) is 0 Å². The fourth-order valence-electron chi connectivity index (χ4n) is 4.19. The first-order chi connectivity index (χ1) is 17.3. The second-order valence-corrected chi connectivity index (χ2v) is 14.2. The van der Waals surface area contributed by atoms with Gasteiger partial charge in [-0.15, -0.1) is 0 Å². The molecular formula is C25H27BrFN3O5S2. The summed E-state index contributed by atoms with van der Waals surface area (Å²) in [5, 5.41) is 2.41. The van der Waals surface area contributed by atoms with Crippen LogP contribution in [0.25, 0.3) is 0 Å². The third kappa shape index (κ3) is 6.91. The summed E-state index contributed by atoms with van der Waals surface area (Å²) in [5.41, 5.74) is 0.165. The van der Waals surface area contributed by atoms with E-state index in [-0.39, 0.29) is 28.8 Å². The van der Waals surface area contributed by atoms with Crippen LogP contribution in [0.2, 0.25) is 0 Å². The van der Waals surface area contributed by atoms with E-state index in [9.17, 15) is 22.4 Å². The molecule has 2 heterocycles. The smallest absolute Gasteiger partial charge is 0.408 e. The van der Waals surface area contributed by atoms with Gasteiger partial charge in [-0.3, -0.25) is 4.79 Å². The standard InChI is InChI=1S/C25H27BrFN3O5S2/c1-25(2,3)35-24(32)28-18(11-15-7-5-4-6-8-15)22(31)29-23-30(19-10-9-16(26)12-17(19)27)20-13-37(33,34)14-21(20)36-23/h4-10,12,18,20-21H,11,13-14H2,1-3H3,(H,28,32)/t18-,20-,21+/m1/s1. The lowest BCUT2D eigenvalue weighted by atomic mass is 10.1. The second-order valence-electron chi connectivity index (χ2n) is 9.89. The van der Waals surface area contributed by atoms with Crippen LogP contribution in [0.4, 0.5) is 14.9 Å². The number of thioether (sulfide) groups is 1. The third-order valence-electron chi connectivity index (χ3n) is 5.71. The van der Waals surface area contributed by atoms with Crippen molar-refractivity contribution in [2.45, 2.75) is 50.1 Å². The number of carbonyl (C=O) groups excluding carboxylic acids is 2. The quantitative estimate of drug-likeness (QED) is 0.536. The van der Waals surface area contributed by atoms with Crippen molar-refractivity contribution in [2.75, 3.05) is 16.4 Å². The van der Waals surface area contributed by atoms with Gasteiger partial charge in [-0.05, 0) is 44.5 Å². The fourth-order valence-corrected chi connectivity index (χ4v) is 8.44. The van der Waals surface area contributed by atoms with Crippen LogP contribution >= 0.6 is 27.7 Å². The Balaban J connectivity index is 1.67. The average Bonchev–Trinajstić information content (AvgIpc) is 3.24. The number of carbonyl (C=O) groups is 2. The molecule has 0 aromatic heterocycles. The maximum absolute atomic E-state index is 15.0. The number of amides is 2. The van der Waals surface area contributed by atoms with E-state index in [4.69, 9.17) is 4.74 Å². The molecule has 0 radical (unpaired) electrons. The number of nitrogens with one attached hydrogen (secondary N) is 1. The van der Waals surface area contributed by atoms with Crippen molar-refractivity contribution in [3.8, 4) is 0 Å². The highest BCUT2D eigenvalue weighted by molar-refractivity contribution is 9.10. The molecule has 2 aliphatic rings. The van der Waals surface area contributed by atoms with Crippen LogP contribution in [0.3, 0.4) is 0 Å². The molecule has 3 atom stereocenters. The monoisotopic (exact) mass is 611 g/mol. The van der Waals surface area contributed by atoms with Gasteiger partial charge in [0.1, 0.15) is 17.5 Å². The van der Waals surface area contributed by atoms with E-state index in [2.05, 4.69) is 26.2 Å². The van der Waals surface area contributed by atoms with Crippen LogP contribution in [0, 0.1) is 5.82 Å². The predicted octanol–water partition coefficient (Wildman–Crippen LogP) is 4.33. The topological polar surface area (TPSA) is 105 Å². The molecule has 4 rings (SSSR count). The number of alkyl carbamates (subject to hydrolysis) is 1. The van der Waals surface area contributed by atoms with Gasteiger partial charge in [0, 0.05) is 16.1 Å². The number of nitrogens with zero attached hydrogens (tertiary/aromatic N) is 2. The van der Waals surface area contributed by atoms with E-state index in [1.165, 1.54) is 17.0 Å². The van der Waals surface area contributed by atoms with E-state index in [1.54, 1.807) is 26.8 Å². The molecule has 2 aromatic rings. The number of hydrogen-bond donors (Lipinski definition) is 1. The Bertz CT molecular complexity index is 1330. The molecule has 0 aliphatic carbocycles. The molecule has 0 unspecified atom stereocenters. The van der Waals surface area contributed by atoms with Crippen LogP contribution in [0.15, 0.2) is 58.0 Å². The number of sulfone groups is 1. The summed E-state index contributed by atoms with van der Waals surface area (Å²) in [6.07, 6.45) is -0.603. The highest BCUT2D eigenvalue weighted by atomic mass is 79.9. The number of fused-ring (bicyclic) bond motifs is 1. The Morgan fingerprint density at radius 3 is 2.57 bits per heavy atom. The Labute approximate surface area is 228 Å². The zero-order valence-corrected chi connectivity index (χ0v) is 23.7. The van der Waals surface area contributed by atoms with Gasteiger partial charge < -0.3 is 15.0 Å². The molecule has 37 heavy (non-hydrogen) atoms. The molecule has 2 aliphatic heterocycles. The van der Waals surface area contributed by atoms with Gasteiger partial charge in [0.25, 0.3) is 5.91 Å². The normalized spacial score (nSPS) is 22.5. The molecule has 12 heteroatoms. The number of hydrogen-bond acceptors (Lipinski definition) is 6. The molecule has 2 saturated heterocycles. The van der Waals surface area contributed by atoms with Gasteiger partial charge in [-0.1, -0.05) is 58.0 Å². The SMILES string of the molecule is CC(C)(C)OC(=O)N[C@H](Cc1ccccc1)C(=O)N=C1S[C@H]2CS(=O)(=O)C[C@H]2N1c1ccc(Br)cc1F. The summed E-state index contributed by atoms with van der Waals surface area (Å²) >= 11 is 4.37. The van der Waals surface area contributed by atoms with Crippen LogP contribution in [0.5, 0.6) is 0 Å². The lowest BCUT2D eigenvalue weighted by Gasteiger charge is -2.26. The van der Waals surface area contributed by atoms with Crippen molar-refractivity contribution in [2.24, 2.45) is 4.99 Å². The summed E-state index contributed by atoms with van der Waals surface area (Å²) < 4.78 is 45.5.